The lowest BCUT2D eigenvalue weighted by Crippen LogP contribution is -2.30. The lowest BCUT2D eigenvalue weighted by molar-refractivity contribution is 0.731. The molecule has 2 N–H and O–H groups in total. The Hall–Kier alpha value is -1.32. The predicted molar refractivity (Wildman–Crippen MR) is 87.6 cm³/mol. The number of hydrogen-bond acceptors (Lipinski definition) is 3. The molecular formula is C17H22N2S. The molecule has 3 heteroatoms. The molecule has 0 fully saturated rings. The molecule has 1 aliphatic rings. The topological polar surface area (TPSA) is 29.3 Å². The van der Waals surface area contributed by atoms with Gasteiger partial charge in [-0.05, 0) is 60.9 Å². The maximum Gasteiger partial charge on any atom is 0.0440 e. The van der Waals surface area contributed by atoms with Crippen LogP contribution in [0.2, 0.25) is 0 Å². The Bertz CT molecular complexity index is 601. The molecular weight excluding hydrogens is 264 g/mol. The molecule has 20 heavy (non-hydrogen) atoms. The van der Waals surface area contributed by atoms with Crippen LogP contribution in [0.25, 0.3) is 0 Å². The molecule has 1 unspecified atom stereocenters. The van der Waals surface area contributed by atoms with E-state index in [1.807, 2.05) is 11.3 Å². The van der Waals surface area contributed by atoms with E-state index >= 15 is 0 Å². The van der Waals surface area contributed by atoms with E-state index in [4.69, 9.17) is 5.73 Å². The van der Waals surface area contributed by atoms with Crippen molar-refractivity contribution in [2.24, 2.45) is 5.73 Å². The van der Waals surface area contributed by atoms with Gasteiger partial charge in [0.15, 0.2) is 0 Å². The molecule has 1 aromatic carbocycles. The van der Waals surface area contributed by atoms with Gasteiger partial charge < -0.3 is 10.6 Å². The van der Waals surface area contributed by atoms with Gasteiger partial charge in [0.2, 0.25) is 0 Å². The zero-order chi connectivity index (χ0) is 14.1. The molecule has 0 radical (unpaired) electrons. The SMILES string of the molecule is Cc1cc(CC(C)N)ccc1N1CCc2sccc2C1. The van der Waals surface area contributed by atoms with Gasteiger partial charge in [-0.15, -0.1) is 11.3 Å². The van der Waals surface area contributed by atoms with Crippen LogP contribution in [0.1, 0.15) is 28.5 Å². The van der Waals surface area contributed by atoms with Crippen molar-refractivity contribution in [3.05, 3.63) is 51.2 Å². The molecule has 0 bridgehead atoms. The van der Waals surface area contributed by atoms with E-state index in [2.05, 4.69) is 48.4 Å². The normalized spacial score (nSPS) is 16.1. The summed E-state index contributed by atoms with van der Waals surface area (Å²) in [6.07, 6.45) is 2.13. The van der Waals surface area contributed by atoms with E-state index in [9.17, 15) is 0 Å². The van der Waals surface area contributed by atoms with Gasteiger partial charge in [0.25, 0.3) is 0 Å². The van der Waals surface area contributed by atoms with Crippen molar-refractivity contribution in [2.45, 2.75) is 39.3 Å². The molecule has 2 nitrogen and oxygen atoms in total. The van der Waals surface area contributed by atoms with E-state index in [1.165, 1.54) is 28.8 Å². The Morgan fingerprint density at radius 3 is 2.95 bits per heavy atom. The van der Waals surface area contributed by atoms with E-state index in [0.717, 1.165) is 19.5 Å². The second kappa shape index (κ2) is 5.58. The fourth-order valence-electron chi connectivity index (χ4n) is 3.03. The van der Waals surface area contributed by atoms with Gasteiger partial charge in [0.05, 0.1) is 0 Å². The molecule has 2 aromatic rings. The molecule has 1 aromatic heterocycles. The molecule has 0 amide bonds. The highest BCUT2D eigenvalue weighted by Gasteiger charge is 2.18. The van der Waals surface area contributed by atoms with Gasteiger partial charge in [-0.2, -0.15) is 0 Å². The first-order valence-electron chi connectivity index (χ1n) is 7.29. The molecule has 0 saturated carbocycles. The Morgan fingerprint density at radius 1 is 1.35 bits per heavy atom. The van der Waals surface area contributed by atoms with Crippen LogP contribution < -0.4 is 10.6 Å². The van der Waals surface area contributed by atoms with Crippen LogP contribution in [-0.2, 0) is 19.4 Å². The number of fused-ring (bicyclic) bond motifs is 1. The molecule has 0 aliphatic carbocycles. The highest BCUT2D eigenvalue weighted by atomic mass is 32.1. The number of nitrogens with zero attached hydrogens (tertiary/aromatic N) is 1. The summed E-state index contributed by atoms with van der Waals surface area (Å²) in [6.45, 7) is 6.45. The van der Waals surface area contributed by atoms with Crippen LogP contribution >= 0.6 is 11.3 Å². The predicted octanol–water partition coefficient (Wildman–Crippen LogP) is 3.51. The minimum atomic E-state index is 0.226. The number of anilines is 1. The van der Waals surface area contributed by atoms with Crippen molar-refractivity contribution in [2.75, 3.05) is 11.4 Å². The van der Waals surface area contributed by atoms with Gasteiger partial charge in [0.1, 0.15) is 0 Å². The summed E-state index contributed by atoms with van der Waals surface area (Å²) >= 11 is 1.90. The average molecular weight is 286 g/mol. The zero-order valence-corrected chi connectivity index (χ0v) is 13.0. The third-order valence-electron chi connectivity index (χ3n) is 3.97. The number of nitrogens with two attached hydrogens (primary N) is 1. The summed E-state index contributed by atoms with van der Waals surface area (Å²) in [6, 6.07) is 9.29. The van der Waals surface area contributed by atoms with Crippen LogP contribution in [0.5, 0.6) is 0 Å². The third kappa shape index (κ3) is 2.74. The summed E-state index contributed by atoms with van der Waals surface area (Å²) in [5.41, 5.74) is 11.5. The third-order valence-corrected chi connectivity index (χ3v) is 4.99. The molecule has 2 heterocycles. The van der Waals surface area contributed by atoms with E-state index < -0.39 is 0 Å². The number of aryl methyl sites for hydroxylation is 1. The second-order valence-corrected chi connectivity index (χ2v) is 6.84. The smallest absolute Gasteiger partial charge is 0.0440 e. The second-order valence-electron chi connectivity index (χ2n) is 5.84. The Labute approximate surface area is 125 Å². The van der Waals surface area contributed by atoms with E-state index in [1.54, 1.807) is 4.88 Å². The van der Waals surface area contributed by atoms with E-state index in [-0.39, 0.29) is 6.04 Å². The van der Waals surface area contributed by atoms with Crippen molar-refractivity contribution in [1.82, 2.24) is 0 Å². The largest absolute Gasteiger partial charge is 0.367 e. The Morgan fingerprint density at radius 2 is 2.20 bits per heavy atom. The molecule has 0 spiro atoms. The Balaban J connectivity index is 1.81. The quantitative estimate of drug-likeness (QED) is 0.935. The average Bonchev–Trinajstić information content (AvgIpc) is 2.85. The molecule has 0 saturated heterocycles. The van der Waals surface area contributed by atoms with Gasteiger partial charge in [-0.1, -0.05) is 12.1 Å². The molecule has 1 aliphatic heterocycles. The summed E-state index contributed by atoms with van der Waals surface area (Å²) < 4.78 is 0. The standard InChI is InChI=1S/C17H22N2S/c1-12-9-14(10-13(2)18)3-4-16(12)19-7-5-17-15(11-19)6-8-20-17/h3-4,6,8-9,13H,5,7,10-11,18H2,1-2H3. The number of thiophene rings is 1. The monoisotopic (exact) mass is 286 g/mol. The van der Waals surface area contributed by atoms with Crippen molar-refractivity contribution >= 4 is 17.0 Å². The minimum absolute atomic E-state index is 0.226. The van der Waals surface area contributed by atoms with Crippen molar-refractivity contribution < 1.29 is 0 Å². The highest BCUT2D eigenvalue weighted by Crippen LogP contribution is 2.30. The number of benzene rings is 1. The lowest BCUT2D eigenvalue weighted by Gasteiger charge is -2.30. The first-order valence-corrected chi connectivity index (χ1v) is 8.17. The maximum absolute atomic E-state index is 5.89. The fourth-order valence-corrected chi connectivity index (χ4v) is 3.91. The van der Waals surface area contributed by atoms with Crippen LogP contribution in [0.15, 0.2) is 29.6 Å². The minimum Gasteiger partial charge on any atom is -0.367 e. The van der Waals surface area contributed by atoms with Crippen molar-refractivity contribution in [1.29, 1.82) is 0 Å². The van der Waals surface area contributed by atoms with Crippen LogP contribution in [0.4, 0.5) is 5.69 Å². The van der Waals surface area contributed by atoms with Crippen molar-refractivity contribution in [3.63, 3.8) is 0 Å². The molecule has 1 atom stereocenters. The number of hydrogen-bond donors (Lipinski definition) is 1. The number of rotatable bonds is 3. The summed E-state index contributed by atoms with van der Waals surface area (Å²) in [4.78, 5) is 4.06. The zero-order valence-electron chi connectivity index (χ0n) is 12.2. The summed E-state index contributed by atoms with van der Waals surface area (Å²) in [5, 5.41) is 2.22. The first kappa shape index (κ1) is 13.7. The fraction of sp³-hybridized carbons (Fsp3) is 0.412. The highest BCUT2D eigenvalue weighted by molar-refractivity contribution is 7.10. The maximum atomic E-state index is 5.89. The lowest BCUT2D eigenvalue weighted by atomic mass is 10.0. The summed E-state index contributed by atoms with van der Waals surface area (Å²) in [7, 11) is 0. The van der Waals surface area contributed by atoms with Gasteiger partial charge >= 0.3 is 0 Å². The van der Waals surface area contributed by atoms with Gasteiger partial charge in [-0.25, -0.2) is 0 Å². The molecule has 3 rings (SSSR count). The molecule has 106 valence electrons. The van der Waals surface area contributed by atoms with Crippen LogP contribution in [0, 0.1) is 6.92 Å². The summed E-state index contributed by atoms with van der Waals surface area (Å²) in [5.74, 6) is 0. The van der Waals surface area contributed by atoms with Gasteiger partial charge in [0, 0.05) is 29.7 Å². The first-order chi connectivity index (χ1) is 9.63. The Kier molecular flexibility index (Phi) is 3.81. The van der Waals surface area contributed by atoms with Crippen LogP contribution in [-0.4, -0.2) is 12.6 Å². The van der Waals surface area contributed by atoms with E-state index in [0.29, 0.717) is 0 Å². The van der Waals surface area contributed by atoms with Gasteiger partial charge in [-0.3, -0.25) is 0 Å². The van der Waals surface area contributed by atoms with Crippen LogP contribution in [0.3, 0.4) is 0 Å². The van der Waals surface area contributed by atoms with Crippen molar-refractivity contribution in [3.8, 4) is 0 Å².